The molecule has 0 aromatic carbocycles. The zero-order chi connectivity index (χ0) is 30.9. The van der Waals surface area contributed by atoms with Crippen molar-refractivity contribution in [3.05, 3.63) is 0 Å². The Hall–Kier alpha value is -1.39. The van der Waals surface area contributed by atoms with Crippen molar-refractivity contribution in [1.29, 1.82) is 0 Å². The second kappa shape index (κ2) is 10.9. The highest BCUT2D eigenvalue weighted by molar-refractivity contribution is 5.88. The largest absolute Gasteiger partial charge is 0.481 e. The van der Waals surface area contributed by atoms with Crippen molar-refractivity contribution >= 4 is 17.7 Å². The van der Waals surface area contributed by atoms with Crippen LogP contribution in [-0.4, -0.2) is 28.9 Å². The fraction of sp³-hybridized carbons (Fsp3) is 0.919. The van der Waals surface area contributed by atoms with Gasteiger partial charge in [0.1, 0.15) is 11.9 Å². The van der Waals surface area contributed by atoms with E-state index in [0.717, 1.165) is 44.9 Å². The second-order valence-electron chi connectivity index (χ2n) is 17.2. The number of hydrogen-bond donors (Lipinski definition) is 1. The van der Waals surface area contributed by atoms with Crippen LogP contribution in [0.15, 0.2) is 0 Å². The molecule has 0 amide bonds. The van der Waals surface area contributed by atoms with Gasteiger partial charge in [-0.25, -0.2) is 0 Å². The van der Waals surface area contributed by atoms with Crippen molar-refractivity contribution in [2.75, 3.05) is 0 Å². The number of carbonyl (C=O) groups excluding carboxylic acids is 2. The van der Waals surface area contributed by atoms with E-state index in [1.807, 2.05) is 6.92 Å². The van der Waals surface area contributed by atoms with E-state index in [2.05, 4.69) is 48.5 Å². The average Bonchev–Trinajstić information content (AvgIpc) is 3.31. The second-order valence-corrected chi connectivity index (χ2v) is 17.2. The monoisotopic (exact) mass is 584 g/mol. The van der Waals surface area contributed by atoms with Crippen LogP contribution < -0.4 is 0 Å². The van der Waals surface area contributed by atoms with Gasteiger partial charge in [0.25, 0.3) is 0 Å². The number of Topliss-reactive ketones (excluding diaryl/α,β-unsaturated/α-hetero) is 1. The van der Waals surface area contributed by atoms with E-state index in [4.69, 9.17) is 4.74 Å². The maximum atomic E-state index is 14.0. The Balaban J connectivity index is 1.46. The molecule has 0 aromatic heterocycles. The molecule has 1 N–H and O–H groups in total. The molecule has 10 atom stereocenters. The summed E-state index contributed by atoms with van der Waals surface area (Å²) >= 11 is 0. The lowest BCUT2D eigenvalue weighted by molar-refractivity contribution is -0.250. The first-order chi connectivity index (χ1) is 19.6. The molecule has 0 aromatic rings. The Labute approximate surface area is 255 Å². The quantitative estimate of drug-likeness (QED) is 0.288. The summed E-state index contributed by atoms with van der Waals surface area (Å²) in [6.45, 7) is 19.3. The highest BCUT2D eigenvalue weighted by Gasteiger charge is 2.71. The van der Waals surface area contributed by atoms with E-state index in [0.29, 0.717) is 41.9 Å². The summed E-state index contributed by atoms with van der Waals surface area (Å²) in [7, 11) is 0. The van der Waals surface area contributed by atoms with Gasteiger partial charge in [-0.2, -0.15) is 0 Å². The Kier molecular flexibility index (Phi) is 8.31. The molecule has 42 heavy (non-hydrogen) atoms. The van der Waals surface area contributed by atoms with Crippen molar-refractivity contribution in [3.63, 3.8) is 0 Å². The van der Waals surface area contributed by atoms with Gasteiger partial charge >= 0.3 is 11.9 Å². The summed E-state index contributed by atoms with van der Waals surface area (Å²) in [5.41, 5.74) is 0.251. The van der Waals surface area contributed by atoms with Crippen LogP contribution in [0.1, 0.15) is 145 Å². The van der Waals surface area contributed by atoms with Gasteiger partial charge in [0.05, 0.1) is 6.42 Å². The first kappa shape index (κ1) is 32.0. The summed E-state index contributed by atoms with van der Waals surface area (Å²) < 4.78 is 6.15. The topological polar surface area (TPSA) is 80.7 Å². The van der Waals surface area contributed by atoms with Gasteiger partial charge in [-0.1, -0.05) is 55.4 Å². The molecular formula is C37H60O5. The minimum Gasteiger partial charge on any atom is -0.481 e. The van der Waals surface area contributed by atoms with E-state index >= 15 is 0 Å². The smallest absolute Gasteiger partial charge is 0.306 e. The number of ketones is 1. The minimum absolute atomic E-state index is 0.00306. The number of esters is 1. The molecule has 0 bridgehead atoms. The van der Waals surface area contributed by atoms with Crippen LogP contribution in [-0.2, 0) is 19.1 Å². The molecule has 5 saturated carbocycles. The predicted molar refractivity (Wildman–Crippen MR) is 166 cm³/mol. The molecule has 0 spiro atoms. The van der Waals surface area contributed by atoms with Crippen LogP contribution in [0.25, 0.3) is 0 Å². The minimum atomic E-state index is -0.855. The lowest BCUT2D eigenvalue weighted by Gasteiger charge is -2.73. The third-order valence-electron chi connectivity index (χ3n) is 15.1. The van der Waals surface area contributed by atoms with Crippen LogP contribution in [0.5, 0.6) is 0 Å². The van der Waals surface area contributed by atoms with Gasteiger partial charge in [-0.05, 0) is 122 Å². The van der Waals surface area contributed by atoms with Crippen LogP contribution in [0.4, 0.5) is 0 Å². The van der Waals surface area contributed by atoms with Crippen LogP contribution in [0.2, 0.25) is 0 Å². The average molecular weight is 585 g/mol. The number of aliphatic carboxylic acids is 1. The zero-order valence-electron chi connectivity index (χ0n) is 28.0. The van der Waals surface area contributed by atoms with E-state index < -0.39 is 5.97 Å². The number of hydrogen-bond acceptors (Lipinski definition) is 4. The van der Waals surface area contributed by atoms with Gasteiger partial charge in [0.2, 0.25) is 0 Å². The van der Waals surface area contributed by atoms with Crippen molar-refractivity contribution in [3.8, 4) is 0 Å². The van der Waals surface area contributed by atoms with E-state index in [1.54, 1.807) is 0 Å². The Bertz CT molecular complexity index is 1080. The standard InChI is InChI=1S/C37H60O5/c1-9-10-31(41)42-29-17-18-34(6)26(33(29,4)5)16-19-36(8)27(34)12-11-25-32-24(23(2)3)15-20-37(32,22-21-35(25,36)7)28(38)13-14-30(39)40/h23-27,29,32H,9-22H2,1-8H3,(H,39,40)/t24?,25?,26?,27?,29-,32?,34-,35+,36+,37+/m0/s1. The molecule has 5 rings (SSSR count). The fourth-order valence-electron chi connectivity index (χ4n) is 12.9. The fourth-order valence-corrected chi connectivity index (χ4v) is 12.9. The van der Waals surface area contributed by atoms with Crippen molar-refractivity contribution in [1.82, 2.24) is 0 Å². The first-order valence-corrected chi connectivity index (χ1v) is 17.5. The highest BCUT2D eigenvalue weighted by Crippen LogP contribution is 2.77. The number of fused-ring (bicyclic) bond motifs is 7. The maximum Gasteiger partial charge on any atom is 0.306 e. The third-order valence-corrected chi connectivity index (χ3v) is 15.1. The molecule has 238 valence electrons. The Morgan fingerprint density at radius 1 is 0.786 bits per heavy atom. The lowest BCUT2D eigenvalue weighted by Crippen LogP contribution is -2.67. The molecule has 5 unspecified atom stereocenters. The van der Waals surface area contributed by atoms with Crippen LogP contribution in [0.3, 0.4) is 0 Å². The van der Waals surface area contributed by atoms with Gasteiger partial charge in [0.15, 0.2) is 0 Å². The Morgan fingerprint density at radius 2 is 1.50 bits per heavy atom. The van der Waals surface area contributed by atoms with Crippen LogP contribution in [0, 0.1) is 62.6 Å². The summed E-state index contributed by atoms with van der Waals surface area (Å²) in [5.74, 6) is 2.51. The third kappa shape index (κ3) is 4.55. The number of carboxylic acids is 1. The van der Waals surface area contributed by atoms with Gasteiger partial charge in [-0.3, -0.25) is 14.4 Å². The lowest BCUT2D eigenvalue weighted by atomic mass is 9.32. The number of carboxylic acid groups (broad SMARTS) is 1. The number of ether oxygens (including phenoxy) is 1. The van der Waals surface area contributed by atoms with Crippen molar-refractivity contribution in [2.45, 2.75) is 151 Å². The summed E-state index contributed by atoms with van der Waals surface area (Å²) in [6.07, 6.45) is 12.5. The van der Waals surface area contributed by atoms with Gasteiger partial charge in [-0.15, -0.1) is 0 Å². The van der Waals surface area contributed by atoms with Gasteiger partial charge in [0, 0.05) is 23.7 Å². The summed E-state index contributed by atoms with van der Waals surface area (Å²) in [5, 5.41) is 9.39. The molecule has 0 radical (unpaired) electrons. The molecular weight excluding hydrogens is 524 g/mol. The normalized spacial score (nSPS) is 45.7. The van der Waals surface area contributed by atoms with Crippen molar-refractivity contribution < 1.29 is 24.2 Å². The van der Waals surface area contributed by atoms with E-state index in [9.17, 15) is 19.5 Å². The van der Waals surface area contributed by atoms with E-state index in [-0.39, 0.29) is 57.8 Å². The molecule has 0 heterocycles. The first-order valence-electron chi connectivity index (χ1n) is 17.5. The molecule has 5 nitrogen and oxygen atoms in total. The molecule has 5 aliphatic rings. The molecule has 5 fully saturated rings. The number of carbonyl (C=O) groups is 3. The van der Waals surface area contributed by atoms with E-state index in [1.165, 1.54) is 25.7 Å². The number of rotatable bonds is 8. The van der Waals surface area contributed by atoms with Crippen molar-refractivity contribution in [2.24, 2.45) is 62.6 Å². The zero-order valence-corrected chi connectivity index (χ0v) is 28.0. The summed E-state index contributed by atoms with van der Waals surface area (Å²) in [6, 6.07) is 0. The highest BCUT2D eigenvalue weighted by atomic mass is 16.5. The predicted octanol–water partition coefficient (Wildman–Crippen LogP) is 8.87. The molecule has 5 heteroatoms. The van der Waals surface area contributed by atoms with Crippen LogP contribution >= 0.6 is 0 Å². The molecule has 0 saturated heterocycles. The van der Waals surface area contributed by atoms with Gasteiger partial charge < -0.3 is 9.84 Å². The SMILES string of the molecule is CCCC(=O)O[C@H]1CC[C@@]2(C)C(CC[C@]3(C)C2CCC2C4C(C(C)C)CC[C@]4(C(=O)CCC(=O)O)CC[C@]23C)C1(C)C. The summed E-state index contributed by atoms with van der Waals surface area (Å²) in [4.78, 5) is 38.0. The maximum absolute atomic E-state index is 14.0. The molecule has 5 aliphatic carbocycles. The molecule has 0 aliphatic heterocycles. The Morgan fingerprint density at radius 3 is 2.14 bits per heavy atom.